The molecule has 1 heterocycles. The summed E-state index contributed by atoms with van der Waals surface area (Å²) in [6.45, 7) is 5.19. The molecular formula is C13H19N3O. The molecule has 0 saturated heterocycles. The van der Waals surface area contributed by atoms with Gasteiger partial charge in [0.25, 0.3) is 5.91 Å². The van der Waals surface area contributed by atoms with Crippen LogP contribution < -0.4 is 0 Å². The van der Waals surface area contributed by atoms with Crippen LogP contribution in [-0.2, 0) is 0 Å². The van der Waals surface area contributed by atoms with Gasteiger partial charge in [0.05, 0.1) is 6.20 Å². The van der Waals surface area contributed by atoms with Gasteiger partial charge in [0.2, 0.25) is 0 Å². The highest BCUT2D eigenvalue weighted by Gasteiger charge is 2.33. The van der Waals surface area contributed by atoms with Crippen LogP contribution in [-0.4, -0.2) is 33.4 Å². The number of aromatic nitrogens is 2. The lowest BCUT2D eigenvalue weighted by Crippen LogP contribution is -2.35. The number of hydrogen-bond acceptors (Lipinski definition) is 3. The summed E-state index contributed by atoms with van der Waals surface area (Å²) in [7, 11) is 0. The second-order valence-electron chi connectivity index (χ2n) is 5.00. The van der Waals surface area contributed by atoms with Crippen molar-refractivity contribution < 1.29 is 4.79 Å². The van der Waals surface area contributed by atoms with Crippen LogP contribution in [0.2, 0.25) is 0 Å². The molecular weight excluding hydrogens is 214 g/mol. The highest BCUT2D eigenvalue weighted by molar-refractivity contribution is 5.92. The molecule has 4 nitrogen and oxygen atoms in total. The highest BCUT2D eigenvalue weighted by atomic mass is 16.2. The Hall–Kier alpha value is -1.45. The molecule has 1 saturated carbocycles. The summed E-state index contributed by atoms with van der Waals surface area (Å²) in [5, 5.41) is 0. The first kappa shape index (κ1) is 12.0. The molecule has 0 spiro atoms. The van der Waals surface area contributed by atoms with Crippen molar-refractivity contribution in [3.63, 3.8) is 0 Å². The van der Waals surface area contributed by atoms with Gasteiger partial charge in [-0.1, -0.05) is 13.8 Å². The molecule has 17 heavy (non-hydrogen) atoms. The molecule has 1 amide bonds. The van der Waals surface area contributed by atoms with E-state index in [0.717, 1.165) is 25.8 Å². The number of nitrogens with zero attached hydrogens (tertiary/aromatic N) is 3. The van der Waals surface area contributed by atoms with Crippen molar-refractivity contribution in [2.24, 2.45) is 5.92 Å². The zero-order valence-corrected chi connectivity index (χ0v) is 10.5. The number of rotatable bonds is 5. The van der Waals surface area contributed by atoms with Gasteiger partial charge in [-0.15, -0.1) is 0 Å². The zero-order valence-electron chi connectivity index (χ0n) is 10.5. The van der Waals surface area contributed by atoms with Gasteiger partial charge in [0, 0.05) is 25.0 Å². The Labute approximate surface area is 102 Å². The summed E-state index contributed by atoms with van der Waals surface area (Å²) in [5.41, 5.74) is 0.461. The lowest BCUT2D eigenvalue weighted by Gasteiger charge is -2.22. The van der Waals surface area contributed by atoms with Crippen molar-refractivity contribution >= 4 is 5.91 Å². The highest BCUT2D eigenvalue weighted by Crippen LogP contribution is 2.28. The van der Waals surface area contributed by atoms with Crippen LogP contribution in [0.1, 0.15) is 43.6 Å². The predicted molar refractivity (Wildman–Crippen MR) is 65.5 cm³/mol. The molecule has 1 aromatic rings. The Kier molecular flexibility index (Phi) is 3.71. The number of carbonyl (C=O) groups excluding carboxylic acids is 1. The van der Waals surface area contributed by atoms with Crippen molar-refractivity contribution in [2.75, 3.05) is 6.54 Å². The molecule has 1 aliphatic carbocycles. The third-order valence-electron chi connectivity index (χ3n) is 2.98. The van der Waals surface area contributed by atoms with Gasteiger partial charge in [0.15, 0.2) is 0 Å². The number of carbonyl (C=O) groups is 1. The molecule has 0 N–H and O–H groups in total. The van der Waals surface area contributed by atoms with E-state index in [0.29, 0.717) is 17.7 Å². The Morgan fingerprint density at radius 3 is 2.76 bits per heavy atom. The van der Waals surface area contributed by atoms with Gasteiger partial charge >= 0.3 is 0 Å². The molecule has 1 aromatic heterocycles. The molecule has 0 atom stereocenters. The van der Waals surface area contributed by atoms with E-state index in [-0.39, 0.29) is 5.91 Å². The van der Waals surface area contributed by atoms with E-state index in [1.54, 1.807) is 18.6 Å². The summed E-state index contributed by atoms with van der Waals surface area (Å²) < 4.78 is 0. The summed E-state index contributed by atoms with van der Waals surface area (Å²) in [6.07, 6.45) is 8.01. The monoisotopic (exact) mass is 233 g/mol. The molecule has 0 bridgehead atoms. The maximum Gasteiger partial charge on any atom is 0.274 e. The first-order chi connectivity index (χ1) is 8.18. The molecule has 2 rings (SSSR count). The Bertz CT molecular complexity index is 374. The maximum atomic E-state index is 12.3. The lowest BCUT2D eigenvalue weighted by atomic mass is 10.1. The molecule has 4 heteroatoms. The van der Waals surface area contributed by atoms with Crippen LogP contribution in [0, 0.1) is 5.92 Å². The first-order valence-electron chi connectivity index (χ1n) is 6.25. The average molecular weight is 233 g/mol. The SMILES string of the molecule is CC(C)CCN(C(=O)c1cnccn1)C1CC1. The van der Waals surface area contributed by atoms with Crippen molar-refractivity contribution in [2.45, 2.75) is 39.2 Å². The third kappa shape index (κ3) is 3.25. The minimum atomic E-state index is 0.0289. The molecule has 1 aliphatic rings. The molecule has 92 valence electrons. The van der Waals surface area contributed by atoms with E-state index in [9.17, 15) is 4.79 Å². The molecule has 0 unspecified atom stereocenters. The van der Waals surface area contributed by atoms with Crippen LogP contribution >= 0.6 is 0 Å². The second-order valence-corrected chi connectivity index (χ2v) is 5.00. The van der Waals surface area contributed by atoms with Crippen molar-refractivity contribution in [3.8, 4) is 0 Å². The topological polar surface area (TPSA) is 46.1 Å². The van der Waals surface area contributed by atoms with Gasteiger partial charge in [-0.3, -0.25) is 9.78 Å². The van der Waals surface area contributed by atoms with E-state index in [1.165, 1.54) is 0 Å². The summed E-state index contributed by atoms with van der Waals surface area (Å²) in [5.74, 6) is 0.646. The first-order valence-corrected chi connectivity index (χ1v) is 6.25. The predicted octanol–water partition coefficient (Wildman–Crippen LogP) is 2.13. The van der Waals surface area contributed by atoms with Crippen LogP contribution in [0.5, 0.6) is 0 Å². The minimum Gasteiger partial charge on any atom is -0.334 e. The van der Waals surface area contributed by atoms with Gasteiger partial charge in [0.1, 0.15) is 5.69 Å². The van der Waals surface area contributed by atoms with E-state index >= 15 is 0 Å². The Morgan fingerprint density at radius 1 is 1.47 bits per heavy atom. The lowest BCUT2D eigenvalue weighted by molar-refractivity contribution is 0.0729. The van der Waals surface area contributed by atoms with Gasteiger partial charge in [-0.05, 0) is 25.2 Å². The van der Waals surface area contributed by atoms with Crippen molar-refractivity contribution in [3.05, 3.63) is 24.3 Å². The Balaban J connectivity index is 2.03. The van der Waals surface area contributed by atoms with E-state index in [4.69, 9.17) is 0 Å². The van der Waals surface area contributed by atoms with Crippen LogP contribution in [0.3, 0.4) is 0 Å². The zero-order chi connectivity index (χ0) is 12.3. The summed E-state index contributed by atoms with van der Waals surface area (Å²) in [6, 6.07) is 0.434. The number of hydrogen-bond donors (Lipinski definition) is 0. The van der Waals surface area contributed by atoms with Crippen LogP contribution in [0.4, 0.5) is 0 Å². The summed E-state index contributed by atoms with van der Waals surface area (Å²) >= 11 is 0. The normalized spacial score (nSPS) is 15.0. The standard InChI is InChI=1S/C13H19N3O/c1-10(2)5-8-16(11-3-4-11)13(17)12-9-14-6-7-15-12/h6-7,9-11H,3-5,8H2,1-2H3. The van der Waals surface area contributed by atoms with Crippen LogP contribution in [0.15, 0.2) is 18.6 Å². The number of amides is 1. The third-order valence-corrected chi connectivity index (χ3v) is 2.98. The minimum absolute atomic E-state index is 0.0289. The van der Waals surface area contributed by atoms with E-state index in [2.05, 4.69) is 23.8 Å². The van der Waals surface area contributed by atoms with E-state index in [1.807, 2.05) is 4.90 Å². The maximum absolute atomic E-state index is 12.3. The van der Waals surface area contributed by atoms with Gasteiger partial charge in [-0.2, -0.15) is 0 Å². The van der Waals surface area contributed by atoms with Gasteiger partial charge < -0.3 is 4.90 Å². The quantitative estimate of drug-likeness (QED) is 0.782. The van der Waals surface area contributed by atoms with Gasteiger partial charge in [-0.25, -0.2) is 4.98 Å². The molecule has 0 aliphatic heterocycles. The second kappa shape index (κ2) is 5.25. The van der Waals surface area contributed by atoms with Crippen molar-refractivity contribution in [1.82, 2.24) is 14.9 Å². The fourth-order valence-electron chi connectivity index (χ4n) is 1.79. The fourth-order valence-corrected chi connectivity index (χ4v) is 1.79. The van der Waals surface area contributed by atoms with Crippen LogP contribution in [0.25, 0.3) is 0 Å². The fraction of sp³-hybridized carbons (Fsp3) is 0.615. The average Bonchev–Trinajstić information content (AvgIpc) is 3.14. The molecule has 0 aromatic carbocycles. The Morgan fingerprint density at radius 2 is 2.24 bits per heavy atom. The smallest absolute Gasteiger partial charge is 0.274 e. The molecule has 0 radical (unpaired) electrons. The van der Waals surface area contributed by atoms with E-state index < -0.39 is 0 Å². The molecule has 1 fully saturated rings. The van der Waals surface area contributed by atoms with Crippen molar-refractivity contribution in [1.29, 1.82) is 0 Å². The summed E-state index contributed by atoms with van der Waals surface area (Å²) in [4.78, 5) is 22.3. The largest absolute Gasteiger partial charge is 0.334 e.